The van der Waals surface area contributed by atoms with Gasteiger partial charge in [0.1, 0.15) is 5.82 Å². The van der Waals surface area contributed by atoms with Crippen LogP contribution in [0.2, 0.25) is 0 Å². The number of rotatable bonds is 9. The lowest BCUT2D eigenvalue weighted by atomic mass is 10.0. The minimum atomic E-state index is -3.74. The molecule has 0 fully saturated rings. The third-order valence-electron chi connectivity index (χ3n) is 4.08. The summed E-state index contributed by atoms with van der Waals surface area (Å²) >= 11 is 0. The Balaban J connectivity index is 3.03. The molecule has 5 nitrogen and oxygen atoms in total. The topological polar surface area (TPSA) is 66.5 Å². The van der Waals surface area contributed by atoms with Gasteiger partial charge in [-0.05, 0) is 43.9 Å². The lowest BCUT2D eigenvalue weighted by Gasteiger charge is -2.19. The normalized spacial score (nSPS) is 13.3. The van der Waals surface area contributed by atoms with Crippen LogP contribution in [0.4, 0.5) is 4.39 Å². The smallest absolute Gasteiger partial charge is 0.254 e. The predicted molar refractivity (Wildman–Crippen MR) is 97.5 cm³/mol. The van der Waals surface area contributed by atoms with Crippen molar-refractivity contribution in [2.45, 2.75) is 58.4 Å². The highest BCUT2D eigenvalue weighted by Gasteiger charge is 2.24. The van der Waals surface area contributed by atoms with Crippen molar-refractivity contribution in [1.29, 1.82) is 0 Å². The SMILES string of the molecule is CCN(CC)S(=O)(=O)c1ccc(F)c(C(=O)NC(C)CCC(C)C)c1. The van der Waals surface area contributed by atoms with Crippen LogP contribution < -0.4 is 5.32 Å². The maximum absolute atomic E-state index is 14.1. The Morgan fingerprint density at radius 1 is 1.16 bits per heavy atom. The second-order valence-electron chi connectivity index (χ2n) is 6.58. The monoisotopic (exact) mass is 372 g/mol. The molecule has 1 N–H and O–H groups in total. The number of amides is 1. The molecule has 0 radical (unpaired) electrons. The van der Waals surface area contributed by atoms with E-state index >= 15 is 0 Å². The zero-order chi connectivity index (χ0) is 19.2. The molecule has 1 aromatic carbocycles. The molecule has 1 aromatic rings. The van der Waals surface area contributed by atoms with Gasteiger partial charge in [0.05, 0.1) is 10.5 Å². The molecule has 0 spiro atoms. The third kappa shape index (κ3) is 5.78. The summed E-state index contributed by atoms with van der Waals surface area (Å²) in [5.74, 6) is -0.809. The Morgan fingerprint density at radius 2 is 1.76 bits per heavy atom. The maximum Gasteiger partial charge on any atom is 0.254 e. The van der Waals surface area contributed by atoms with Crippen LogP contribution in [-0.2, 0) is 10.0 Å². The Hall–Kier alpha value is -1.47. The first-order valence-electron chi connectivity index (χ1n) is 8.74. The molecule has 1 rings (SSSR count). The van der Waals surface area contributed by atoms with Crippen molar-refractivity contribution in [3.05, 3.63) is 29.6 Å². The summed E-state index contributed by atoms with van der Waals surface area (Å²) in [6.45, 7) is 10.1. The van der Waals surface area contributed by atoms with Crippen LogP contribution in [0.25, 0.3) is 0 Å². The van der Waals surface area contributed by atoms with Crippen LogP contribution >= 0.6 is 0 Å². The van der Waals surface area contributed by atoms with E-state index in [0.717, 1.165) is 25.0 Å². The molecule has 0 saturated heterocycles. The molecular formula is C18H29FN2O3S. The van der Waals surface area contributed by atoms with Crippen molar-refractivity contribution >= 4 is 15.9 Å². The van der Waals surface area contributed by atoms with E-state index in [4.69, 9.17) is 0 Å². The number of carbonyl (C=O) groups excluding carboxylic acids is 1. The summed E-state index contributed by atoms with van der Waals surface area (Å²) in [4.78, 5) is 12.3. The number of hydrogen-bond acceptors (Lipinski definition) is 3. The highest BCUT2D eigenvalue weighted by Crippen LogP contribution is 2.19. The number of hydrogen-bond donors (Lipinski definition) is 1. The summed E-state index contributed by atoms with van der Waals surface area (Å²) < 4.78 is 40.4. The third-order valence-corrected chi connectivity index (χ3v) is 6.13. The lowest BCUT2D eigenvalue weighted by Crippen LogP contribution is -2.34. The second-order valence-corrected chi connectivity index (χ2v) is 8.51. The molecule has 0 bridgehead atoms. The van der Waals surface area contributed by atoms with Crippen LogP contribution in [0, 0.1) is 11.7 Å². The molecule has 25 heavy (non-hydrogen) atoms. The van der Waals surface area contributed by atoms with Gasteiger partial charge in [-0.1, -0.05) is 27.7 Å². The Bertz CT molecular complexity index is 686. The minimum Gasteiger partial charge on any atom is -0.349 e. The molecule has 0 heterocycles. The van der Waals surface area contributed by atoms with E-state index in [1.54, 1.807) is 13.8 Å². The van der Waals surface area contributed by atoms with Gasteiger partial charge in [0.15, 0.2) is 0 Å². The van der Waals surface area contributed by atoms with Crippen molar-refractivity contribution in [2.75, 3.05) is 13.1 Å². The largest absolute Gasteiger partial charge is 0.349 e. The quantitative estimate of drug-likeness (QED) is 0.722. The van der Waals surface area contributed by atoms with Gasteiger partial charge in [-0.25, -0.2) is 12.8 Å². The molecule has 0 aliphatic heterocycles. The van der Waals surface area contributed by atoms with E-state index in [0.29, 0.717) is 19.0 Å². The summed E-state index contributed by atoms with van der Waals surface area (Å²) in [7, 11) is -3.74. The van der Waals surface area contributed by atoms with Gasteiger partial charge in [0.25, 0.3) is 5.91 Å². The van der Waals surface area contributed by atoms with Gasteiger partial charge in [0, 0.05) is 19.1 Å². The van der Waals surface area contributed by atoms with Crippen LogP contribution in [0.1, 0.15) is 57.8 Å². The number of sulfonamides is 1. The fourth-order valence-corrected chi connectivity index (χ4v) is 3.99. The first-order valence-corrected chi connectivity index (χ1v) is 10.2. The number of nitrogens with zero attached hydrogens (tertiary/aromatic N) is 1. The standard InChI is InChI=1S/C18H29FN2O3S/c1-6-21(7-2)25(23,24)15-10-11-17(19)16(12-15)18(22)20-14(5)9-8-13(3)4/h10-14H,6-9H2,1-5H3,(H,20,22). The number of benzene rings is 1. The Labute approximate surface area is 150 Å². The first kappa shape index (κ1) is 21.6. The average Bonchev–Trinajstić information content (AvgIpc) is 2.53. The fraction of sp³-hybridized carbons (Fsp3) is 0.611. The van der Waals surface area contributed by atoms with E-state index in [2.05, 4.69) is 19.2 Å². The minimum absolute atomic E-state index is 0.0717. The van der Waals surface area contributed by atoms with Crippen LogP contribution in [0.5, 0.6) is 0 Å². The van der Waals surface area contributed by atoms with E-state index in [-0.39, 0.29) is 16.5 Å². The number of nitrogens with one attached hydrogen (secondary N) is 1. The van der Waals surface area contributed by atoms with Crippen molar-refractivity contribution < 1.29 is 17.6 Å². The highest BCUT2D eigenvalue weighted by atomic mass is 32.2. The molecule has 1 atom stereocenters. The fourth-order valence-electron chi connectivity index (χ4n) is 2.51. The summed E-state index contributed by atoms with van der Waals surface area (Å²) in [6, 6.07) is 3.23. The van der Waals surface area contributed by atoms with Gasteiger partial charge in [0.2, 0.25) is 10.0 Å². The molecule has 142 valence electrons. The molecule has 1 amide bonds. The van der Waals surface area contributed by atoms with Crippen LogP contribution in [0.3, 0.4) is 0 Å². The summed E-state index contributed by atoms with van der Waals surface area (Å²) in [5, 5.41) is 2.74. The zero-order valence-corrected chi connectivity index (χ0v) is 16.5. The van der Waals surface area contributed by atoms with Gasteiger partial charge < -0.3 is 5.32 Å². The maximum atomic E-state index is 14.1. The van der Waals surface area contributed by atoms with E-state index in [1.165, 1.54) is 10.4 Å². The van der Waals surface area contributed by atoms with Crippen molar-refractivity contribution in [2.24, 2.45) is 5.92 Å². The average molecular weight is 373 g/mol. The molecule has 1 unspecified atom stereocenters. The van der Waals surface area contributed by atoms with Crippen LogP contribution in [0.15, 0.2) is 23.1 Å². The first-order chi connectivity index (χ1) is 11.6. The summed E-state index contributed by atoms with van der Waals surface area (Å²) in [6.07, 6.45) is 1.72. The number of halogens is 1. The summed E-state index contributed by atoms with van der Waals surface area (Å²) in [5.41, 5.74) is -0.246. The van der Waals surface area contributed by atoms with Gasteiger partial charge in [-0.3, -0.25) is 4.79 Å². The lowest BCUT2D eigenvalue weighted by molar-refractivity contribution is 0.0933. The van der Waals surface area contributed by atoms with Gasteiger partial charge in [-0.15, -0.1) is 0 Å². The molecule has 7 heteroatoms. The predicted octanol–water partition coefficient (Wildman–Crippen LogP) is 3.41. The molecule has 0 aliphatic rings. The Kier molecular flexibility index (Phi) is 8.02. The van der Waals surface area contributed by atoms with Crippen molar-refractivity contribution in [3.63, 3.8) is 0 Å². The van der Waals surface area contributed by atoms with Crippen molar-refractivity contribution in [3.8, 4) is 0 Å². The number of carbonyl (C=O) groups is 1. The van der Waals surface area contributed by atoms with Gasteiger partial charge in [-0.2, -0.15) is 4.31 Å². The molecule has 0 saturated carbocycles. The zero-order valence-electron chi connectivity index (χ0n) is 15.7. The van der Waals surface area contributed by atoms with Crippen molar-refractivity contribution in [1.82, 2.24) is 9.62 Å². The molecule has 0 aromatic heterocycles. The molecular weight excluding hydrogens is 343 g/mol. The van der Waals surface area contributed by atoms with E-state index in [9.17, 15) is 17.6 Å². The van der Waals surface area contributed by atoms with E-state index < -0.39 is 21.7 Å². The van der Waals surface area contributed by atoms with E-state index in [1.807, 2.05) is 6.92 Å². The Morgan fingerprint density at radius 3 is 2.28 bits per heavy atom. The second kappa shape index (κ2) is 9.29. The molecule has 0 aliphatic carbocycles. The highest BCUT2D eigenvalue weighted by molar-refractivity contribution is 7.89. The van der Waals surface area contributed by atoms with Gasteiger partial charge >= 0.3 is 0 Å². The van der Waals surface area contributed by atoms with Crippen LogP contribution in [-0.4, -0.2) is 37.8 Å².